The predicted molar refractivity (Wildman–Crippen MR) is 102 cm³/mol. The molecule has 0 aliphatic carbocycles. The van der Waals surface area contributed by atoms with Crippen molar-refractivity contribution in [3.63, 3.8) is 0 Å². The van der Waals surface area contributed by atoms with Crippen molar-refractivity contribution in [3.8, 4) is 17.2 Å². The van der Waals surface area contributed by atoms with Crippen molar-refractivity contribution >= 4 is 11.6 Å². The number of likely N-dealkylation sites (N-methyl/N-ethyl adjacent to an activating group) is 1. The maximum absolute atomic E-state index is 12.7. The fourth-order valence-electron chi connectivity index (χ4n) is 2.61. The van der Waals surface area contributed by atoms with E-state index in [1.54, 1.807) is 43.1 Å². The van der Waals surface area contributed by atoms with E-state index < -0.39 is 12.4 Å². The number of methoxy groups -OCH3 is 2. The van der Waals surface area contributed by atoms with Gasteiger partial charge in [-0.15, -0.1) is 13.2 Å². The van der Waals surface area contributed by atoms with Gasteiger partial charge in [0, 0.05) is 18.2 Å². The summed E-state index contributed by atoms with van der Waals surface area (Å²) in [7, 11) is 4.62. The van der Waals surface area contributed by atoms with Gasteiger partial charge < -0.3 is 19.5 Å². The van der Waals surface area contributed by atoms with Gasteiger partial charge in [-0.1, -0.05) is 18.2 Å². The van der Waals surface area contributed by atoms with Gasteiger partial charge in [0.25, 0.3) is 0 Å². The molecule has 1 amide bonds. The number of para-hydroxylation sites is 1. The summed E-state index contributed by atoms with van der Waals surface area (Å²) in [6.07, 6.45) is -4.79. The minimum atomic E-state index is -4.79. The Balaban J connectivity index is 2.11. The first-order valence-electron chi connectivity index (χ1n) is 8.71. The van der Waals surface area contributed by atoms with Crippen LogP contribution >= 0.6 is 0 Å². The Bertz CT molecular complexity index is 843. The van der Waals surface area contributed by atoms with Crippen molar-refractivity contribution in [1.29, 1.82) is 0 Å². The number of ether oxygens (including phenoxy) is 3. The lowest BCUT2D eigenvalue weighted by molar-refractivity contribution is -0.275. The summed E-state index contributed by atoms with van der Waals surface area (Å²) in [4.78, 5) is 14.3. The van der Waals surface area contributed by atoms with E-state index in [1.165, 1.54) is 32.4 Å². The van der Waals surface area contributed by atoms with Crippen LogP contribution in [0.25, 0.3) is 0 Å². The first-order chi connectivity index (χ1) is 13.6. The number of benzene rings is 2. The SMILES string of the molecule is COc1ccc(OC)c(NC(=O)C(C)N(C)Cc2ccccc2OC(F)(F)F)c1. The molecule has 29 heavy (non-hydrogen) atoms. The van der Waals surface area contributed by atoms with Crippen LogP contribution in [0, 0.1) is 0 Å². The van der Waals surface area contributed by atoms with E-state index >= 15 is 0 Å². The molecule has 9 heteroatoms. The minimum Gasteiger partial charge on any atom is -0.497 e. The van der Waals surface area contributed by atoms with E-state index in [2.05, 4.69) is 10.1 Å². The lowest BCUT2D eigenvalue weighted by Gasteiger charge is -2.25. The van der Waals surface area contributed by atoms with Crippen LogP contribution < -0.4 is 19.5 Å². The van der Waals surface area contributed by atoms with E-state index in [4.69, 9.17) is 9.47 Å². The molecule has 1 atom stereocenters. The number of carbonyl (C=O) groups excluding carboxylic acids is 1. The van der Waals surface area contributed by atoms with Gasteiger partial charge in [-0.05, 0) is 32.2 Å². The average molecular weight is 412 g/mol. The van der Waals surface area contributed by atoms with Crippen LogP contribution in [0.2, 0.25) is 0 Å². The van der Waals surface area contributed by atoms with Crippen molar-refractivity contribution in [2.75, 3.05) is 26.6 Å². The van der Waals surface area contributed by atoms with E-state index in [9.17, 15) is 18.0 Å². The van der Waals surface area contributed by atoms with Crippen LogP contribution in [0.3, 0.4) is 0 Å². The third-order valence-electron chi connectivity index (χ3n) is 4.32. The molecule has 0 fully saturated rings. The van der Waals surface area contributed by atoms with E-state index in [-0.39, 0.29) is 18.2 Å². The lowest BCUT2D eigenvalue weighted by Crippen LogP contribution is -2.39. The van der Waals surface area contributed by atoms with Gasteiger partial charge in [0.05, 0.1) is 25.9 Å². The summed E-state index contributed by atoms with van der Waals surface area (Å²) in [6.45, 7) is 1.73. The number of halogens is 3. The third-order valence-corrected chi connectivity index (χ3v) is 4.32. The number of anilines is 1. The van der Waals surface area contributed by atoms with Crippen molar-refractivity contribution < 1.29 is 32.2 Å². The predicted octanol–water partition coefficient (Wildman–Crippen LogP) is 4.06. The fraction of sp³-hybridized carbons (Fsp3) is 0.350. The smallest absolute Gasteiger partial charge is 0.497 e. The Labute approximate surface area is 167 Å². The maximum Gasteiger partial charge on any atom is 0.573 e. The van der Waals surface area contributed by atoms with Gasteiger partial charge in [0.15, 0.2) is 0 Å². The molecule has 2 aromatic carbocycles. The highest BCUT2D eigenvalue weighted by molar-refractivity contribution is 5.96. The normalized spacial score (nSPS) is 12.4. The molecule has 0 aliphatic rings. The molecular formula is C20H23F3N2O4. The quantitative estimate of drug-likeness (QED) is 0.709. The largest absolute Gasteiger partial charge is 0.573 e. The number of nitrogens with one attached hydrogen (secondary N) is 1. The maximum atomic E-state index is 12.7. The van der Waals surface area contributed by atoms with Gasteiger partial charge >= 0.3 is 6.36 Å². The van der Waals surface area contributed by atoms with Gasteiger partial charge in [-0.25, -0.2) is 0 Å². The molecule has 1 N–H and O–H groups in total. The van der Waals surface area contributed by atoms with Gasteiger partial charge in [-0.2, -0.15) is 0 Å². The molecule has 2 rings (SSSR count). The molecule has 6 nitrogen and oxygen atoms in total. The zero-order valence-electron chi connectivity index (χ0n) is 16.5. The molecular weight excluding hydrogens is 389 g/mol. The molecule has 0 spiro atoms. The van der Waals surface area contributed by atoms with Crippen molar-refractivity contribution in [1.82, 2.24) is 4.90 Å². The Morgan fingerprint density at radius 3 is 2.41 bits per heavy atom. The van der Waals surface area contributed by atoms with Crippen LogP contribution in [0.1, 0.15) is 12.5 Å². The minimum absolute atomic E-state index is 0.0795. The van der Waals surface area contributed by atoms with Gasteiger partial charge in [0.2, 0.25) is 5.91 Å². The Kier molecular flexibility index (Phi) is 7.33. The second-order valence-electron chi connectivity index (χ2n) is 6.30. The number of alkyl halides is 3. The van der Waals surface area contributed by atoms with Crippen molar-refractivity contribution in [2.24, 2.45) is 0 Å². The number of hydrogen-bond acceptors (Lipinski definition) is 5. The number of amides is 1. The zero-order valence-corrected chi connectivity index (χ0v) is 16.5. The van der Waals surface area contributed by atoms with Crippen LogP contribution in [0.15, 0.2) is 42.5 Å². The average Bonchev–Trinajstić information content (AvgIpc) is 2.67. The fourth-order valence-corrected chi connectivity index (χ4v) is 2.61. The topological polar surface area (TPSA) is 60.0 Å². The summed E-state index contributed by atoms with van der Waals surface area (Å²) in [6, 6.07) is 10.2. The highest BCUT2D eigenvalue weighted by atomic mass is 19.4. The van der Waals surface area contributed by atoms with Gasteiger partial charge in [-0.3, -0.25) is 9.69 Å². The Morgan fingerprint density at radius 2 is 1.79 bits per heavy atom. The molecule has 0 heterocycles. The second kappa shape index (κ2) is 9.51. The second-order valence-corrected chi connectivity index (χ2v) is 6.30. The molecule has 0 bridgehead atoms. The summed E-state index contributed by atoms with van der Waals surface area (Å²) in [5.41, 5.74) is 0.740. The molecule has 0 aromatic heterocycles. The van der Waals surface area contributed by atoms with Crippen LogP contribution in [-0.4, -0.2) is 44.5 Å². The molecule has 1 unspecified atom stereocenters. The van der Waals surface area contributed by atoms with E-state index in [0.717, 1.165) is 0 Å². The molecule has 2 aromatic rings. The van der Waals surface area contributed by atoms with E-state index in [0.29, 0.717) is 22.7 Å². The zero-order chi connectivity index (χ0) is 21.6. The van der Waals surface area contributed by atoms with Crippen LogP contribution in [-0.2, 0) is 11.3 Å². The third kappa shape index (κ3) is 6.28. The summed E-state index contributed by atoms with van der Waals surface area (Å²) >= 11 is 0. The first-order valence-corrected chi connectivity index (χ1v) is 8.71. The molecule has 0 aliphatic heterocycles. The van der Waals surface area contributed by atoms with E-state index in [1.807, 2.05) is 0 Å². The molecule has 0 radical (unpaired) electrons. The van der Waals surface area contributed by atoms with Crippen LogP contribution in [0.4, 0.5) is 18.9 Å². The molecule has 0 saturated heterocycles. The summed E-state index contributed by atoms with van der Waals surface area (Å²) in [5, 5.41) is 2.76. The molecule has 0 saturated carbocycles. The number of nitrogens with zero attached hydrogens (tertiary/aromatic N) is 1. The number of hydrogen-bond donors (Lipinski definition) is 1. The van der Waals surface area contributed by atoms with Gasteiger partial charge in [0.1, 0.15) is 17.2 Å². The Hall–Kier alpha value is -2.94. The number of rotatable bonds is 8. The van der Waals surface area contributed by atoms with Crippen molar-refractivity contribution in [2.45, 2.75) is 25.9 Å². The summed E-state index contributed by atoms with van der Waals surface area (Å²) < 4.78 is 52.3. The highest BCUT2D eigenvalue weighted by Gasteiger charge is 2.32. The number of carbonyl (C=O) groups is 1. The summed E-state index contributed by atoms with van der Waals surface area (Å²) in [5.74, 6) is 0.348. The highest BCUT2D eigenvalue weighted by Crippen LogP contribution is 2.30. The monoisotopic (exact) mass is 412 g/mol. The van der Waals surface area contributed by atoms with Crippen LogP contribution in [0.5, 0.6) is 17.2 Å². The Morgan fingerprint density at radius 1 is 1.10 bits per heavy atom. The van der Waals surface area contributed by atoms with Crippen molar-refractivity contribution in [3.05, 3.63) is 48.0 Å². The first kappa shape index (κ1) is 22.4. The lowest BCUT2D eigenvalue weighted by atomic mass is 10.1. The molecule has 158 valence electrons. The standard InChI is InChI=1S/C20H23F3N2O4/c1-13(19(26)24-16-11-15(27-3)9-10-18(16)28-4)25(2)12-14-7-5-6-8-17(14)29-20(21,22)23/h5-11,13H,12H2,1-4H3,(H,24,26).